The molecule has 0 spiro atoms. The summed E-state index contributed by atoms with van der Waals surface area (Å²) in [6.45, 7) is 13.8. The number of aromatic nitrogens is 1. The lowest BCUT2D eigenvalue weighted by Crippen LogP contribution is -2.38. The van der Waals surface area contributed by atoms with Gasteiger partial charge >= 0.3 is 0 Å². The number of hydrogen-bond acceptors (Lipinski definition) is 6. The van der Waals surface area contributed by atoms with Crippen molar-refractivity contribution in [2.45, 2.75) is 52.4 Å². The van der Waals surface area contributed by atoms with Crippen molar-refractivity contribution in [1.29, 1.82) is 0 Å². The predicted molar refractivity (Wildman–Crippen MR) is 150 cm³/mol. The molecule has 0 aliphatic rings. The van der Waals surface area contributed by atoms with Crippen molar-refractivity contribution in [3.63, 3.8) is 0 Å². The molecule has 36 heavy (non-hydrogen) atoms. The Hall–Kier alpha value is -2.33. The Balaban J connectivity index is 1.93. The van der Waals surface area contributed by atoms with Gasteiger partial charge in [0, 0.05) is 32.2 Å². The first-order chi connectivity index (χ1) is 17.1. The molecule has 0 N–H and O–H groups in total. The number of carbonyl (C=O) groups is 1. The molecule has 0 unspecified atom stereocenters. The average Bonchev–Trinajstić information content (AvgIpc) is 3.29. The van der Waals surface area contributed by atoms with Crippen LogP contribution < -0.4 is 4.90 Å². The van der Waals surface area contributed by atoms with Crippen LogP contribution in [0.3, 0.4) is 0 Å². The summed E-state index contributed by atoms with van der Waals surface area (Å²) in [5.41, 5.74) is 3.62. The molecule has 1 amide bonds. The maximum atomic E-state index is 13.7. The summed E-state index contributed by atoms with van der Waals surface area (Å²) in [6.07, 6.45) is 1.72. The number of nitrogens with zero attached hydrogens (tertiary/aromatic N) is 4. The number of hydrogen-bond donors (Lipinski definition) is 0. The molecule has 0 radical (unpaired) electrons. The molecule has 0 saturated heterocycles. The molecule has 9 heteroatoms. The third-order valence-electron chi connectivity index (χ3n) is 6.46. The second kappa shape index (κ2) is 12.3. The zero-order valence-electron chi connectivity index (χ0n) is 22.2. The normalized spacial score (nSPS) is 12.1. The van der Waals surface area contributed by atoms with Crippen molar-refractivity contribution >= 4 is 42.6 Å². The van der Waals surface area contributed by atoms with E-state index in [0.29, 0.717) is 23.8 Å². The van der Waals surface area contributed by atoms with Crippen molar-refractivity contribution < 1.29 is 13.2 Å². The molecule has 0 fully saturated rings. The lowest BCUT2D eigenvalue weighted by atomic mass is 10.1. The first kappa shape index (κ1) is 28.2. The molecule has 1 aromatic heterocycles. The summed E-state index contributed by atoms with van der Waals surface area (Å²) >= 11 is 1.52. The summed E-state index contributed by atoms with van der Waals surface area (Å²) in [5, 5.41) is 0.659. The van der Waals surface area contributed by atoms with E-state index >= 15 is 0 Å². The van der Waals surface area contributed by atoms with E-state index in [1.165, 1.54) is 27.8 Å². The van der Waals surface area contributed by atoms with Gasteiger partial charge in [0.05, 0.1) is 15.1 Å². The maximum absolute atomic E-state index is 13.7. The van der Waals surface area contributed by atoms with Crippen LogP contribution in [0.1, 0.15) is 55.1 Å². The quantitative estimate of drug-likeness (QED) is 0.317. The van der Waals surface area contributed by atoms with Crippen LogP contribution in [0.2, 0.25) is 0 Å². The molecule has 3 aromatic rings. The van der Waals surface area contributed by atoms with Crippen LogP contribution in [0, 0.1) is 13.8 Å². The molecule has 196 valence electrons. The van der Waals surface area contributed by atoms with E-state index in [9.17, 15) is 13.2 Å². The Morgan fingerprint density at radius 1 is 0.972 bits per heavy atom. The van der Waals surface area contributed by atoms with Crippen LogP contribution in [-0.2, 0) is 10.0 Å². The van der Waals surface area contributed by atoms with Crippen LogP contribution in [0.5, 0.6) is 0 Å². The summed E-state index contributed by atoms with van der Waals surface area (Å²) in [5.74, 6) is -0.182. The van der Waals surface area contributed by atoms with Gasteiger partial charge in [0.25, 0.3) is 5.91 Å². The van der Waals surface area contributed by atoms with Gasteiger partial charge in [0.2, 0.25) is 10.0 Å². The Bertz CT molecular complexity index is 1280. The molecule has 1 heterocycles. The number of aryl methyl sites for hydroxylation is 2. The fraction of sp³-hybridized carbons (Fsp3) is 0.481. The van der Waals surface area contributed by atoms with Crippen molar-refractivity contribution in [1.82, 2.24) is 14.2 Å². The summed E-state index contributed by atoms with van der Waals surface area (Å²) in [4.78, 5) is 22.7. The largest absolute Gasteiger partial charge is 0.302 e. The molecule has 0 atom stereocenters. The smallest absolute Gasteiger partial charge is 0.260 e. The molecule has 0 aliphatic carbocycles. The van der Waals surface area contributed by atoms with Crippen molar-refractivity contribution in [2.75, 3.05) is 44.7 Å². The highest BCUT2D eigenvalue weighted by Gasteiger charge is 2.24. The Labute approximate surface area is 219 Å². The summed E-state index contributed by atoms with van der Waals surface area (Å²) in [7, 11) is -2.00. The van der Waals surface area contributed by atoms with Crippen molar-refractivity contribution in [3.8, 4) is 0 Å². The second-order valence-electron chi connectivity index (χ2n) is 9.11. The van der Waals surface area contributed by atoms with Gasteiger partial charge in [-0.05, 0) is 74.8 Å². The third kappa shape index (κ3) is 6.32. The average molecular weight is 531 g/mol. The van der Waals surface area contributed by atoms with Crippen molar-refractivity contribution in [2.24, 2.45) is 0 Å². The molecular formula is C27H38N4O3S2. The van der Waals surface area contributed by atoms with Crippen LogP contribution >= 0.6 is 11.3 Å². The highest BCUT2D eigenvalue weighted by Crippen LogP contribution is 2.33. The third-order valence-corrected chi connectivity index (χ3v) is 9.56. The Morgan fingerprint density at radius 3 is 2.25 bits per heavy atom. The van der Waals surface area contributed by atoms with Gasteiger partial charge in [-0.25, -0.2) is 17.7 Å². The predicted octanol–water partition coefficient (Wildman–Crippen LogP) is 5.32. The number of amides is 1. The first-order valence-electron chi connectivity index (χ1n) is 12.6. The first-order valence-corrected chi connectivity index (χ1v) is 14.9. The van der Waals surface area contributed by atoms with Gasteiger partial charge in [-0.2, -0.15) is 0 Å². The molecule has 0 aliphatic heterocycles. The van der Waals surface area contributed by atoms with E-state index in [0.717, 1.165) is 53.8 Å². The van der Waals surface area contributed by atoms with E-state index in [1.54, 1.807) is 24.1 Å². The number of anilines is 1. The van der Waals surface area contributed by atoms with E-state index in [4.69, 9.17) is 4.98 Å². The number of thiazole rings is 1. The molecule has 0 saturated carbocycles. The van der Waals surface area contributed by atoms with E-state index in [-0.39, 0.29) is 10.8 Å². The molecule has 2 aromatic carbocycles. The fourth-order valence-electron chi connectivity index (χ4n) is 4.15. The molecular weight excluding hydrogens is 492 g/mol. The second-order valence-corrected chi connectivity index (χ2v) is 12.1. The summed E-state index contributed by atoms with van der Waals surface area (Å²) in [6, 6.07) is 10.4. The topological polar surface area (TPSA) is 73.8 Å². The fourth-order valence-corrected chi connectivity index (χ4v) is 6.40. The van der Waals surface area contributed by atoms with Gasteiger partial charge in [0.1, 0.15) is 0 Å². The number of likely N-dealkylation sites (N-methyl/N-ethyl adjacent to an activating group) is 1. The van der Waals surface area contributed by atoms with Gasteiger partial charge in [0.15, 0.2) is 5.13 Å². The van der Waals surface area contributed by atoms with E-state index < -0.39 is 10.0 Å². The van der Waals surface area contributed by atoms with E-state index in [2.05, 4.69) is 31.7 Å². The van der Waals surface area contributed by atoms with Crippen LogP contribution in [0.15, 0.2) is 41.3 Å². The van der Waals surface area contributed by atoms with Crippen molar-refractivity contribution in [3.05, 3.63) is 53.1 Å². The molecule has 0 bridgehead atoms. The minimum absolute atomic E-state index is 0.182. The number of benzene rings is 2. The number of fused-ring (bicyclic) bond motifs is 1. The molecule has 3 rings (SSSR count). The lowest BCUT2D eigenvalue weighted by Gasteiger charge is -2.25. The zero-order valence-corrected chi connectivity index (χ0v) is 23.9. The zero-order chi connectivity index (χ0) is 26.5. The van der Waals surface area contributed by atoms with Gasteiger partial charge in [-0.3, -0.25) is 9.69 Å². The maximum Gasteiger partial charge on any atom is 0.260 e. The minimum Gasteiger partial charge on any atom is -0.302 e. The van der Waals surface area contributed by atoms with Crippen LogP contribution in [0.4, 0.5) is 5.13 Å². The monoisotopic (exact) mass is 530 g/mol. The summed E-state index contributed by atoms with van der Waals surface area (Å²) < 4.78 is 28.2. The van der Waals surface area contributed by atoms with E-state index in [1.807, 2.05) is 19.9 Å². The number of carbonyl (C=O) groups excluding carboxylic acids is 1. The number of rotatable bonds is 12. The van der Waals surface area contributed by atoms with Crippen LogP contribution in [-0.4, -0.2) is 68.3 Å². The van der Waals surface area contributed by atoms with Gasteiger partial charge < -0.3 is 4.90 Å². The minimum atomic E-state index is -3.59. The SMILES string of the molecule is CCCCN(C)S(=O)(=O)c1ccc(C(=O)N(CCN(CC)CC)c2nc3cc(C)cc(C)c3s2)cc1. The Morgan fingerprint density at radius 2 is 1.64 bits per heavy atom. The standard InChI is InChI=1S/C27H38N4O3S2/c1-7-10-15-29(6)36(33,34)23-13-11-22(12-14-23)26(32)31(17-16-30(8-2)9-3)27-28-24-19-20(4)18-21(5)25(24)35-27/h11-14,18-19H,7-10,15-17H2,1-6H3. The molecule has 7 nitrogen and oxygen atoms in total. The lowest BCUT2D eigenvalue weighted by molar-refractivity contribution is 0.0983. The van der Waals surface area contributed by atoms with Gasteiger partial charge in [-0.1, -0.05) is 44.6 Å². The Kier molecular flexibility index (Phi) is 9.63. The highest BCUT2D eigenvalue weighted by atomic mass is 32.2. The number of sulfonamides is 1. The van der Waals surface area contributed by atoms with Gasteiger partial charge in [-0.15, -0.1) is 0 Å². The number of unbranched alkanes of at least 4 members (excludes halogenated alkanes) is 1. The van der Waals surface area contributed by atoms with Crippen LogP contribution in [0.25, 0.3) is 10.2 Å². The highest BCUT2D eigenvalue weighted by molar-refractivity contribution is 7.89.